The summed E-state index contributed by atoms with van der Waals surface area (Å²) in [7, 11) is -6.00. The van der Waals surface area contributed by atoms with Gasteiger partial charge in [0.2, 0.25) is 5.84 Å². The van der Waals surface area contributed by atoms with Crippen LogP contribution in [-0.2, 0) is 0 Å². The zero-order valence-electron chi connectivity index (χ0n) is 18.3. The second kappa shape index (κ2) is 12.3. The molecule has 1 heterocycles. The Labute approximate surface area is 178 Å². The molecule has 0 amide bonds. The largest absolute Gasteiger partial charge is 0.673 e. The van der Waals surface area contributed by atoms with Crippen molar-refractivity contribution in [2.24, 2.45) is 10.9 Å². The van der Waals surface area contributed by atoms with Crippen molar-refractivity contribution < 1.29 is 22.6 Å². The number of aryl methyl sites for hydroxylation is 2. The summed E-state index contributed by atoms with van der Waals surface area (Å²) in [5.41, 5.74) is 5.40. The molecular weight excluding hydrogens is 391 g/mol. The fourth-order valence-electron chi connectivity index (χ4n) is 4.38. The first kappa shape index (κ1) is 24.6. The van der Waals surface area contributed by atoms with E-state index in [1.54, 1.807) is 0 Å². The average Bonchev–Trinajstić information content (AvgIpc) is 3.10. The Morgan fingerprint density at radius 3 is 1.67 bits per heavy atom. The maximum atomic E-state index is 9.75. The van der Waals surface area contributed by atoms with E-state index in [0.717, 1.165) is 5.84 Å². The van der Waals surface area contributed by atoms with Crippen molar-refractivity contribution in [2.45, 2.75) is 84.5 Å². The Kier molecular flexibility index (Phi) is 10.1. The van der Waals surface area contributed by atoms with Gasteiger partial charge in [0.05, 0.1) is 11.8 Å². The fourth-order valence-corrected chi connectivity index (χ4v) is 4.38. The van der Waals surface area contributed by atoms with Crippen molar-refractivity contribution in [1.29, 1.82) is 0 Å². The lowest BCUT2D eigenvalue weighted by Crippen LogP contribution is -2.85. The number of allylic oxidation sites excluding steroid dienone is 1. The van der Waals surface area contributed by atoms with Gasteiger partial charge in [0, 0.05) is 5.92 Å². The quantitative estimate of drug-likeness (QED) is 0.403. The first-order chi connectivity index (χ1) is 14.2. The smallest absolute Gasteiger partial charge is 0.418 e. The van der Waals surface area contributed by atoms with Crippen LogP contribution in [0.25, 0.3) is 0 Å². The molecule has 0 radical (unpaired) electrons. The van der Waals surface area contributed by atoms with Gasteiger partial charge in [0.25, 0.3) is 0 Å². The summed E-state index contributed by atoms with van der Waals surface area (Å²) in [6.07, 6.45) is 17.6. The van der Waals surface area contributed by atoms with Gasteiger partial charge in [-0.15, -0.1) is 0 Å². The van der Waals surface area contributed by atoms with Gasteiger partial charge < -0.3 is 17.3 Å². The zero-order chi connectivity index (χ0) is 22.0. The van der Waals surface area contributed by atoms with Crippen LogP contribution in [0.2, 0.25) is 0 Å². The highest BCUT2D eigenvalue weighted by Crippen LogP contribution is 2.25. The minimum absolute atomic E-state index is 0.714. The number of nitrogens with two attached hydrogens (primary N) is 1. The molecule has 0 saturated heterocycles. The van der Waals surface area contributed by atoms with Gasteiger partial charge >= 0.3 is 7.25 Å². The van der Waals surface area contributed by atoms with Gasteiger partial charge in [-0.3, -0.25) is 5.32 Å². The number of halogens is 4. The van der Waals surface area contributed by atoms with Gasteiger partial charge in [0.1, 0.15) is 5.70 Å². The highest BCUT2D eigenvalue weighted by molar-refractivity contribution is 6.50. The van der Waals surface area contributed by atoms with Crippen LogP contribution >= 0.6 is 0 Å². The lowest BCUT2D eigenvalue weighted by atomic mass is 9.90. The highest BCUT2D eigenvalue weighted by Gasteiger charge is 2.25. The summed E-state index contributed by atoms with van der Waals surface area (Å²) < 4.78 is 39.0. The molecule has 0 bridgehead atoms. The van der Waals surface area contributed by atoms with Crippen LogP contribution in [0.1, 0.15) is 87.3 Å². The topological polar surface area (TPSA) is 29.0 Å². The van der Waals surface area contributed by atoms with Crippen molar-refractivity contribution >= 4 is 13.1 Å². The molecule has 2 nitrogen and oxygen atoms in total. The molecule has 2 aliphatic rings. The van der Waals surface area contributed by atoms with E-state index in [1.165, 1.54) is 93.0 Å². The number of nitrogens with zero attached hydrogens (tertiary/aromatic N) is 1. The van der Waals surface area contributed by atoms with Crippen LogP contribution in [-0.4, -0.2) is 13.1 Å². The molecule has 7 heteroatoms. The van der Waals surface area contributed by atoms with Crippen molar-refractivity contribution in [3.63, 3.8) is 0 Å². The monoisotopic (exact) mass is 426 g/mol. The highest BCUT2D eigenvalue weighted by atomic mass is 19.5. The lowest BCUT2D eigenvalue weighted by molar-refractivity contribution is -0.487. The van der Waals surface area contributed by atoms with E-state index in [-0.39, 0.29) is 0 Å². The number of rotatable bonds is 2. The molecule has 1 aliphatic heterocycles. The SMILES string of the molecule is Cc1cc(C)cc(C2=NC=C(C3CCCCCCCCCCC3)[NH2+]2)c1.F[B-](F)(F)F. The van der Waals surface area contributed by atoms with Crippen molar-refractivity contribution in [1.82, 2.24) is 0 Å². The molecule has 3 rings (SSSR count). The van der Waals surface area contributed by atoms with Crippen molar-refractivity contribution in [2.75, 3.05) is 0 Å². The maximum absolute atomic E-state index is 9.75. The predicted molar refractivity (Wildman–Crippen MR) is 117 cm³/mol. The molecule has 0 unspecified atom stereocenters. The number of hydrogen-bond acceptors (Lipinski definition) is 1. The van der Waals surface area contributed by atoms with Crippen LogP contribution < -0.4 is 5.32 Å². The van der Waals surface area contributed by atoms with Crippen molar-refractivity contribution in [3.05, 3.63) is 46.8 Å². The minimum Gasteiger partial charge on any atom is -0.418 e. The van der Waals surface area contributed by atoms with Crippen LogP contribution in [0, 0.1) is 19.8 Å². The molecule has 0 aromatic heterocycles. The Bertz CT molecular complexity index is 690. The molecule has 0 atom stereocenters. The molecule has 1 aliphatic carbocycles. The Balaban J connectivity index is 0.000000575. The molecule has 168 valence electrons. The van der Waals surface area contributed by atoms with E-state index < -0.39 is 7.25 Å². The predicted octanol–water partition coefficient (Wildman–Crippen LogP) is 6.69. The summed E-state index contributed by atoms with van der Waals surface area (Å²) in [6.45, 7) is 4.35. The first-order valence-corrected chi connectivity index (χ1v) is 11.3. The summed E-state index contributed by atoms with van der Waals surface area (Å²) in [5, 5.41) is 2.37. The van der Waals surface area contributed by atoms with E-state index >= 15 is 0 Å². The number of amidine groups is 1. The third-order valence-electron chi connectivity index (χ3n) is 5.75. The van der Waals surface area contributed by atoms with Gasteiger partial charge in [0.15, 0.2) is 0 Å². The Morgan fingerprint density at radius 2 is 1.20 bits per heavy atom. The summed E-state index contributed by atoms with van der Waals surface area (Å²) in [5.74, 6) is 1.87. The number of quaternary nitrogens is 1. The van der Waals surface area contributed by atoms with Gasteiger partial charge in [-0.05, 0) is 49.9 Å². The molecule has 2 N–H and O–H groups in total. The molecule has 1 fully saturated rings. The summed E-state index contributed by atoms with van der Waals surface area (Å²) in [6, 6.07) is 6.76. The molecule has 30 heavy (non-hydrogen) atoms. The standard InChI is InChI=1S/C23H34N2.BF4/c1-18-14-19(2)16-21(15-18)23-24-17-22(25-23)20-12-10-8-6-4-3-5-7-9-11-13-20;2-1(3,4)5/h14-17,20H,3-13H2,1-2H3,(H,24,25);/q;-1/p+1. The number of aliphatic imine (C=N–C) groups is 1. The third kappa shape index (κ3) is 9.92. The van der Waals surface area contributed by atoms with Gasteiger partial charge in [-0.1, -0.05) is 63.9 Å². The van der Waals surface area contributed by atoms with E-state index in [9.17, 15) is 17.3 Å². The maximum Gasteiger partial charge on any atom is 0.673 e. The second-order valence-electron chi connectivity index (χ2n) is 8.62. The van der Waals surface area contributed by atoms with Crippen LogP contribution in [0.4, 0.5) is 17.3 Å². The van der Waals surface area contributed by atoms with Gasteiger partial charge in [-0.2, -0.15) is 4.99 Å². The minimum atomic E-state index is -6.00. The van der Waals surface area contributed by atoms with E-state index in [4.69, 9.17) is 4.99 Å². The second-order valence-corrected chi connectivity index (χ2v) is 8.62. The van der Waals surface area contributed by atoms with E-state index in [2.05, 4.69) is 43.6 Å². The normalized spacial score (nSPS) is 19.7. The van der Waals surface area contributed by atoms with E-state index in [1.807, 2.05) is 0 Å². The summed E-state index contributed by atoms with van der Waals surface area (Å²) in [4.78, 5) is 4.77. The molecule has 1 saturated carbocycles. The number of benzene rings is 1. The molecular formula is C23H35BF4N2. The molecule has 1 aromatic carbocycles. The first-order valence-electron chi connectivity index (χ1n) is 11.3. The zero-order valence-corrected chi connectivity index (χ0v) is 18.3. The average molecular weight is 426 g/mol. The third-order valence-corrected chi connectivity index (χ3v) is 5.75. The van der Waals surface area contributed by atoms with Gasteiger partial charge in [-0.25, -0.2) is 0 Å². The molecule has 0 spiro atoms. The Morgan fingerprint density at radius 1 is 0.767 bits per heavy atom. The van der Waals surface area contributed by atoms with Crippen LogP contribution in [0.15, 0.2) is 35.1 Å². The summed E-state index contributed by atoms with van der Waals surface area (Å²) >= 11 is 0. The van der Waals surface area contributed by atoms with Crippen molar-refractivity contribution in [3.8, 4) is 0 Å². The number of hydrogen-bond donors (Lipinski definition) is 1. The Hall–Kier alpha value is -1.63. The van der Waals surface area contributed by atoms with Crippen LogP contribution in [0.5, 0.6) is 0 Å². The molecule has 1 aromatic rings. The van der Waals surface area contributed by atoms with Crippen LogP contribution in [0.3, 0.4) is 0 Å². The fraction of sp³-hybridized carbons (Fsp3) is 0.609. The lowest BCUT2D eigenvalue weighted by Gasteiger charge is -2.17. The van der Waals surface area contributed by atoms with E-state index in [0.29, 0.717) is 5.92 Å².